The Morgan fingerprint density at radius 2 is 1.53 bits per heavy atom. The van der Waals surface area contributed by atoms with Gasteiger partial charge in [-0.25, -0.2) is 0 Å². The van der Waals surface area contributed by atoms with Gasteiger partial charge in [0.2, 0.25) is 0 Å². The first-order valence-corrected chi connectivity index (χ1v) is 10.1. The number of amides is 1. The van der Waals surface area contributed by atoms with Crippen LogP contribution in [-0.4, -0.2) is 11.0 Å². The van der Waals surface area contributed by atoms with Crippen LogP contribution in [0.3, 0.4) is 0 Å². The van der Waals surface area contributed by atoms with Crippen molar-refractivity contribution in [3.8, 4) is 11.8 Å². The van der Waals surface area contributed by atoms with Crippen molar-refractivity contribution < 1.29 is 9.90 Å². The Balaban J connectivity index is 2.53. The summed E-state index contributed by atoms with van der Waals surface area (Å²) in [5.41, 5.74) is 4.45. The van der Waals surface area contributed by atoms with E-state index in [4.69, 9.17) is 0 Å². The first-order chi connectivity index (χ1) is 13.7. The fourth-order valence-corrected chi connectivity index (χ4v) is 3.34. The Morgan fingerprint density at radius 3 is 1.97 bits per heavy atom. The number of hydrogen-bond donors (Lipinski definition) is 2. The van der Waals surface area contributed by atoms with E-state index in [0.717, 1.165) is 27.8 Å². The fourth-order valence-electron chi connectivity index (χ4n) is 3.34. The van der Waals surface area contributed by atoms with Gasteiger partial charge in [-0.1, -0.05) is 59.2 Å². The average molecular weight is 405 g/mol. The maximum Gasteiger partial charge on any atom is 0.266 e. The molecule has 2 aromatic rings. The SMILES string of the molecule is Cc1ccc(NC(=O)/C(C#N)=C/c2cc(C(C)(C)C)c(O)c(C(C)(C)C)c2)c(C)c1. The number of anilines is 1. The summed E-state index contributed by atoms with van der Waals surface area (Å²) >= 11 is 0. The van der Waals surface area contributed by atoms with Crippen LogP contribution in [0.1, 0.15) is 69.4 Å². The van der Waals surface area contributed by atoms with Gasteiger partial charge in [0, 0.05) is 16.8 Å². The minimum absolute atomic E-state index is 0.0142. The van der Waals surface area contributed by atoms with Gasteiger partial charge in [-0.2, -0.15) is 5.26 Å². The highest BCUT2D eigenvalue weighted by atomic mass is 16.3. The number of carbonyl (C=O) groups excluding carboxylic acids is 1. The molecule has 0 radical (unpaired) electrons. The van der Waals surface area contributed by atoms with Crippen molar-refractivity contribution >= 4 is 17.7 Å². The van der Waals surface area contributed by atoms with Gasteiger partial charge < -0.3 is 10.4 Å². The van der Waals surface area contributed by atoms with E-state index in [1.807, 2.05) is 91.8 Å². The third kappa shape index (κ3) is 5.30. The standard InChI is InChI=1S/C26H32N2O2/c1-16-9-10-22(17(2)11-16)28-24(30)19(15-27)12-18-13-20(25(3,4)5)23(29)21(14-18)26(6,7)8/h9-14,29H,1-8H3,(H,28,30)/b19-12+. The molecule has 0 fully saturated rings. The number of nitrogens with one attached hydrogen (secondary N) is 1. The van der Waals surface area contributed by atoms with E-state index >= 15 is 0 Å². The Bertz CT molecular complexity index is 1010. The second kappa shape index (κ2) is 8.36. The molecule has 0 saturated carbocycles. The summed E-state index contributed by atoms with van der Waals surface area (Å²) < 4.78 is 0. The van der Waals surface area contributed by atoms with Crippen molar-refractivity contribution in [2.75, 3.05) is 5.32 Å². The van der Waals surface area contributed by atoms with Crippen LogP contribution in [0.4, 0.5) is 5.69 Å². The summed E-state index contributed by atoms with van der Waals surface area (Å²) in [6, 6.07) is 11.5. The highest BCUT2D eigenvalue weighted by molar-refractivity contribution is 6.10. The molecule has 0 aromatic heterocycles. The lowest BCUT2D eigenvalue weighted by Gasteiger charge is -2.28. The average Bonchev–Trinajstić information content (AvgIpc) is 2.61. The molecule has 2 rings (SSSR count). The highest BCUT2D eigenvalue weighted by Crippen LogP contribution is 2.40. The zero-order valence-electron chi connectivity index (χ0n) is 19.3. The quantitative estimate of drug-likeness (QED) is 0.476. The summed E-state index contributed by atoms with van der Waals surface area (Å²) in [6.07, 6.45) is 1.59. The maximum absolute atomic E-state index is 12.8. The van der Waals surface area contributed by atoms with E-state index in [-0.39, 0.29) is 22.2 Å². The molecule has 0 bridgehead atoms. The molecule has 0 aliphatic carbocycles. The number of rotatable bonds is 3. The Morgan fingerprint density at radius 1 is 1.00 bits per heavy atom. The predicted molar refractivity (Wildman–Crippen MR) is 124 cm³/mol. The summed E-state index contributed by atoms with van der Waals surface area (Å²) in [7, 11) is 0. The zero-order chi connectivity index (χ0) is 22.9. The minimum atomic E-state index is -0.452. The van der Waals surface area contributed by atoms with Gasteiger partial charge in [0.1, 0.15) is 17.4 Å². The summed E-state index contributed by atoms with van der Waals surface area (Å²) in [4.78, 5) is 12.8. The van der Waals surface area contributed by atoms with E-state index in [0.29, 0.717) is 5.69 Å². The van der Waals surface area contributed by atoms with E-state index in [9.17, 15) is 15.2 Å². The number of hydrogen-bond acceptors (Lipinski definition) is 3. The smallest absolute Gasteiger partial charge is 0.266 e. The van der Waals surface area contributed by atoms with Gasteiger partial charge >= 0.3 is 0 Å². The lowest BCUT2D eigenvalue weighted by molar-refractivity contribution is -0.112. The molecule has 0 spiro atoms. The third-order valence-corrected chi connectivity index (χ3v) is 5.05. The number of phenols is 1. The largest absolute Gasteiger partial charge is 0.507 e. The second-order valence-electron chi connectivity index (χ2n) is 9.91. The molecule has 4 nitrogen and oxygen atoms in total. The van der Waals surface area contributed by atoms with Crippen LogP contribution in [0, 0.1) is 25.2 Å². The summed E-state index contributed by atoms with van der Waals surface area (Å²) in [5.74, 6) is -0.183. The number of phenolic OH excluding ortho intramolecular Hbond substituents is 1. The van der Waals surface area contributed by atoms with Gasteiger partial charge in [0.15, 0.2) is 0 Å². The number of carbonyl (C=O) groups is 1. The zero-order valence-corrected chi connectivity index (χ0v) is 19.3. The first kappa shape index (κ1) is 23.2. The van der Waals surface area contributed by atoms with Crippen LogP contribution in [-0.2, 0) is 15.6 Å². The summed E-state index contributed by atoms with van der Waals surface area (Å²) in [6.45, 7) is 16.1. The van der Waals surface area contributed by atoms with Gasteiger partial charge in [0.05, 0.1) is 0 Å². The van der Waals surface area contributed by atoms with Gasteiger partial charge in [0.25, 0.3) is 5.91 Å². The first-order valence-electron chi connectivity index (χ1n) is 10.1. The fraction of sp³-hybridized carbons (Fsp3) is 0.385. The molecular formula is C26H32N2O2. The lowest BCUT2D eigenvalue weighted by Crippen LogP contribution is -2.18. The van der Waals surface area contributed by atoms with Crippen LogP contribution in [0.5, 0.6) is 5.75 Å². The topological polar surface area (TPSA) is 73.1 Å². The number of aromatic hydroxyl groups is 1. The van der Waals surface area contributed by atoms with Crippen molar-refractivity contribution in [2.24, 2.45) is 0 Å². The maximum atomic E-state index is 12.8. The second-order valence-corrected chi connectivity index (χ2v) is 9.91. The van der Waals surface area contributed by atoms with Crippen molar-refractivity contribution in [2.45, 2.75) is 66.2 Å². The Labute approximate surface area is 180 Å². The number of aryl methyl sites for hydroxylation is 2. The minimum Gasteiger partial charge on any atom is -0.507 e. The molecule has 4 heteroatoms. The van der Waals surface area contributed by atoms with Crippen molar-refractivity contribution in [3.63, 3.8) is 0 Å². The predicted octanol–water partition coefficient (Wildman–Crippen LogP) is 6.15. The van der Waals surface area contributed by atoms with Gasteiger partial charge in [-0.15, -0.1) is 0 Å². The molecule has 30 heavy (non-hydrogen) atoms. The molecule has 0 aliphatic heterocycles. The van der Waals surface area contributed by atoms with Crippen molar-refractivity contribution in [1.82, 2.24) is 0 Å². The van der Waals surface area contributed by atoms with Crippen molar-refractivity contribution in [3.05, 3.63) is 63.7 Å². The van der Waals surface area contributed by atoms with E-state index in [2.05, 4.69) is 5.32 Å². The molecule has 0 atom stereocenters. The van der Waals surface area contributed by atoms with Crippen LogP contribution in [0.15, 0.2) is 35.9 Å². The molecule has 2 N–H and O–H groups in total. The number of nitriles is 1. The monoisotopic (exact) mass is 404 g/mol. The van der Waals surface area contributed by atoms with Crippen LogP contribution < -0.4 is 5.32 Å². The van der Waals surface area contributed by atoms with Crippen LogP contribution >= 0.6 is 0 Å². The molecular weight excluding hydrogens is 372 g/mol. The van der Waals surface area contributed by atoms with Crippen molar-refractivity contribution in [1.29, 1.82) is 5.26 Å². The number of benzene rings is 2. The van der Waals surface area contributed by atoms with E-state index in [1.54, 1.807) is 6.08 Å². The normalized spacial score (nSPS) is 12.4. The third-order valence-electron chi connectivity index (χ3n) is 5.05. The molecule has 0 aliphatic rings. The van der Waals surface area contributed by atoms with Crippen LogP contribution in [0.2, 0.25) is 0 Å². The molecule has 0 saturated heterocycles. The molecule has 2 aromatic carbocycles. The Kier molecular flexibility index (Phi) is 6.47. The highest BCUT2D eigenvalue weighted by Gasteiger charge is 2.26. The van der Waals surface area contributed by atoms with Gasteiger partial charge in [-0.05, 0) is 60.1 Å². The lowest BCUT2D eigenvalue weighted by atomic mass is 9.78. The molecule has 0 unspecified atom stereocenters. The van der Waals surface area contributed by atoms with Gasteiger partial charge in [-0.3, -0.25) is 4.79 Å². The van der Waals surface area contributed by atoms with Crippen LogP contribution in [0.25, 0.3) is 6.08 Å². The van der Waals surface area contributed by atoms with E-state index < -0.39 is 5.91 Å². The molecule has 1 amide bonds. The molecule has 0 heterocycles. The summed E-state index contributed by atoms with van der Waals surface area (Å²) in [5, 5.41) is 23.3. The Hall–Kier alpha value is -3.06. The molecule has 158 valence electrons. The van der Waals surface area contributed by atoms with E-state index in [1.165, 1.54) is 0 Å². The number of nitrogens with zero attached hydrogens (tertiary/aromatic N) is 1.